The normalized spacial score (nSPS) is 9.64. The molecule has 0 aromatic heterocycles. The van der Waals surface area contributed by atoms with Crippen molar-refractivity contribution in [3.05, 3.63) is 65.7 Å². The minimum atomic E-state index is -0.705. The van der Waals surface area contributed by atoms with Crippen LogP contribution in [0.2, 0.25) is 0 Å². The van der Waals surface area contributed by atoms with E-state index in [9.17, 15) is 9.59 Å². The second-order valence-electron chi connectivity index (χ2n) is 4.79. The molecular weight excluding hydrogens is 278 g/mol. The first-order valence-corrected chi connectivity index (χ1v) is 6.70. The number of hydrogen-bond acceptors (Lipinski definition) is 3. The molecule has 1 N–H and O–H groups in total. The lowest BCUT2D eigenvalue weighted by Gasteiger charge is -2.16. The molecule has 22 heavy (non-hydrogen) atoms. The number of carbonyl (C=O) groups is 2. The monoisotopic (exact) mass is 293 g/mol. The van der Waals surface area contributed by atoms with Gasteiger partial charge < -0.3 is 10.2 Å². The van der Waals surface area contributed by atoms with E-state index in [2.05, 4.69) is 5.32 Å². The maximum absolute atomic E-state index is 12.0. The molecule has 0 aliphatic carbocycles. The van der Waals surface area contributed by atoms with Gasteiger partial charge in [-0.1, -0.05) is 30.3 Å². The smallest absolute Gasteiger partial charge is 0.313 e. The van der Waals surface area contributed by atoms with Gasteiger partial charge in [-0.2, -0.15) is 5.26 Å². The highest BCUT2D eigenvalue weighted by Gasteiger charge is 2.18. The zero-order valence-corrected chi connectivity index (χ0v) is 12.1. The van der Waals surface area contributed by atoms with Gasteiger partial charge in [0.2, 0.25) is 0 Å². The summed E-state index contributed by atoms with van der Waals surface area (Å²) in [5, 5.41) is 11.2. The summed E-state index contributed by atoms with van der Waals surface area (Å²) in [5.41, 5.74) is 1.92. The topological polar surface area (TPSA) is 73.2 Å². The molecule has 0 bridgehead atoms. The standard InChI is InChI=1S/C17H15N3O2/c1-20(12-14-5-3-2-4-6-14)17(22)16(21)19-15-9-7-13(11-18)8-10-15/h2-10H,12H2,1H3,(H,19,21). The lowest BCUT2D eigenvalue weighted by molar-refractivity contribution is -0.142. The van der Waals surface area contributed by atoms with Crippen LogP contribution in [0.1, 0.15) is 11.1 Å². The van der Waals surface area contributed by atoms with Crippen molar-refractivity contribution in [1.29, 1.82) is 5.26 Å². The number of amides is 2. The molecule has 0 saturated heterocycles. The fourth-order valence-electron chi connectivity index (χ4n) is 1.92. The van der Waals surface area contributed by atoms with E-state index < -0.39 is 11.8 Å². The molecule has 110 valence electrons. The quantitative estimate of drug-likeness (QED) is 0.881. The van der Waals surface area contributed by atoms with Crippen LogP contribution in [-0.4, -0.2) is 23.8 Å². The van der Waals surface area contributed by atoms with Crippen LogP contribution in [0.4, 0.5) is 5.69 Å². The van der Waals surface area contributed by atoms with Crippen LogP contribution in [-0.2, 0) is 16.1 Å². The van der Waals surface area contributed by atoms with Crippen molar-refractivity contribution in [1.82, 2.24) is 4.90 Å². The highest BCUT2D eigenvalue weighted by molar-refractivity contribution is 6.39. The lowest BCUT2D eigenvalue weighted by atomic mass is 10.2. The zero-order valence-electron chi connectivity index (χ0n) is 12.1. The van der Waals surface area contributed by atoms with Crippen LogP contribution in [0.25, 0.3) is 0 Å². The Morgan fingerprint density at radius 3 is 2.32 bits per heavy atom. The molecule has 0 heterocycles. The van der Waals surface area contributed by atoms with E-state index in [0.717, 1.165) is 5.56 Å². The van der Waals surface area contributed by atoms with Gasteiger partial charge in [0.15, 0.2) is 0 Å². The first kappa shape index (κ1) is 15.3. The third kappa shape index (κ3) is 3.93. The van der Waals surface area contributed by atoms with Crippen molar-refractivity contribution >= 4 is 17.5 Å². The molecule has 0 saturated carbocycles. The molecule has 2 amide bonds. The summed E-state index contributed by atoms with van der Waals surface area (Å²) in [6, 6.07) is 17.7. The van der Waals surface area contributed by atoms with Crippen molar-refractivity contribution in [2.24, 2.45) is 0 Å². The van der Waals surface area contributed by atoms with Crippen molar-refractivity contribution in [3.8, 4) is 6.07 Å². The first-order chi connectivity index (χ1) is 10.6. The number of hydrogen-bond donors (Lipinski definition) is 1. The molecule has 0 spiro atoms. The van der Waals surface area contributed by atoms with Crippen molar-refractivity contribution in [2.45, 2.75) is 6.54 Å². The van der Waals surface area contributed by atoms with Crippen molar-refractivity contribution < 1.29 is 9.59 Å². The SMILES string of the molecule is CN(Cc1ccccc1)C(=O)C(=O)Nc1ccc(C#N)cc1. The summed E-state index contributed by atoms with van der Waals surface area (Å²) < 4.78 is 0. The van der Waals surface area contributed by atoms with Crippen molar-refractivity contribution in [2.75, 3.05) is 12.4 Å². The molecule has 2 aromatic rings. The van der Waals surface area contributed by atoms with E-state index >= 15 is 0 Å². The molecule has 2 aromatic carbocycles. The Kier molecular flexibility index (Phi) is 4.89. The average Bonchev–Trinajstić information content (AvgIpc) is 2.55. The third-order valence-electron chi connectivity index (χ3n) is 3.08. The van der Waals surface area contributed by atoms with Gasteiger partial charge in [-0.25, -0.2) is 0 Å². The Balaban J connectivity index is 1.96. The van der Waals surface area contributed by atoms with Gasteiger partial charge in [-0.3, -0.25) is 9.59 Å². The fourth-order valence-corrected chi connectivity index (χ4v) is 1.92. The summed E-state index contributed by atoms with van der Waals surface area (Å²) in [4.78, 5) is 25.3. The van der Waals surface area contributed by atoms with Crippen LogP contribution < -0.4 is 5.32 Å². The van der Waals surface area contributed by atoms with Gasteiger partial charge in [-0.05, 0) is 29.8 Å². The largest absolute Gasteiger partial charge is 0.333 e. The average molecular weight is 293 g/mol. The van der Waals surface area contributed by atoms with Crippen LogP contribution in [0.3, 0.4) is 0 Å². The number of anilines is 1. The highest BCUT2D eigenvalue weighted by atomic mass is 16.2. The number of nitrogens with one attached hydrogen (secondary N) is 1. The maximum Gasteiger partial charge on any atom is 0.313 e. The van der Waals surface area contributed by atoms with Gasteiger partial charge in [-0.15, -0.1) is 0 Å². The summed E-state index contributed by atoms with van der Waals surface area (Å²) in [6.07, 6.45) is 0. The highest BCUT2D eigenvalue weighted by Crippen LogP contribution is 2.09. The van der Waals surface area contributed by atoms with Gasteiger partial charge in [0, 0.05) is 19.3 Å². The number of likely N-dealkylation sites (N-methyl/N-ethyl adjacent to an activating group) is 1. The molecule has 2 rings (SSSR count). The molecule has 5 heteroatoms. The minimum absolute atomic E-state index is 0.362. The van der Waals surface area contributed by atoms with Gasteiger partial charge in [0.05, 0.1) is 11.6 Å². The summed E-state index contributed by atoms with van der Waals surface area (Å²) in [5.74, 6) is -1.32. The maximum atomic E-state index is 12.0. The Morgan fingerprint density at radius 1 is 1.09 bits per heavy atom. The summed E-state index contributed by atoms with van der Waals surface area (Å²) >= 11 is 0. The zero-order chi connectivity index (χ0) is 15.9. The molecule has 0 aliphatic heterocycles. The molecule has 0 radical (unpaired) electrons. The Labute approximate surface area is 128 Å². The van der Waals surface area contributed by atoms with E-state index in [0.29, 0.717) is 17.8 Å². The molecular formula is C17H15N3O2. The summed E-state index contributed by atoms with van der Waals surface area (Å²) in [7, 11) is 1.58. The summed E-state index contributed by atoms with van der Waals surface area (Å²) in [6.45, 7) is 0.362. The number of nitrogens with zero attached hydrogens (tertiary/aromatic N) is 2. The molecule has 5 nitrogen and oxygen atoms in total. The van der Waals surface area contributed by atoms with Crippen molar-refractivity contribution in [3.63, 3.8) is 0 Å². The number of rotatable bonds is 3. The minimum Gasteiger partial charge on any atom is -0.333 e. The van der Waals surface area contributed by atoms with E-state index in [1.807, 2.05) is 36.4 Å². The number of benzene rings is 2. The van der Waals surface area contributed by atoms with Crippen LogP contribution >= 0.6 is 0 Å². The number of carbonyl (C=O) groups excluding carboxylic acids is 2. The molecule has 0 fully saturated rings. The second kappa shape index (κ2) is 7.04. The Hall–Kier alpha value is -3.13. The van der Waals surface area contributed by atoms with Gasteiger partial charge >= 0.3 is 11.8 Å². The predicted molar refractivity (Wildman–Crippen MR) is 82.7 cm³/mol. The third-order valence-corrected chi connectivity index (χ3v) is 3.08. The molecule has 0 atom stereocenters. The molecule has 0 aliphatic rings. The number of nitriles is 1. The van der Waals surface area contributed by atoms with Crippen LogP contribution in [0.5, 0.6) is 0 Å². The first-order valence-electron chi connectivity index (χ1n) is 6.70. The molecule has 0 unspecified atom stereocenters. The second-order valence-corrected chi connectivity index (χ2v) is 4.79. The fraction of sp³-hybridized carbons (Fsp3) is 0.118. The Bertz CT molecular complexity index is 703. The van der Waals surface area contributed by atoms with E-state index in [1.54, 1.807) is 31.3 Å². The predicted octanol–water partition coefficient (Wildman–Crippen LogP) is 2.16. The lowest BCUT2D eigenvalue weighted by Crippen LogP contribution is -2.36. The Morgan fingerprint density at radius 2 is 1.73 bits per heavy atom. The van der Waals surface area contributed by atoms with E-state index in [1.165, 1.54) is 4.90 Å². The van der Waals surface area contributed by atoms with Gasteiger partial charge in [0.1, 0.15) is 0 Å². The van der Waals surface area contributed by atoms with Gasteiger partial charge in [0.25, 0.3) is 0 Å². The van der Waals surface area contributed by atoms with E-state index in [4.69, 9.17) is 5.26 Å². The van der Waals surface area contributed by atoms with E-state index in [-0.39, 0.29) is 0 Å². The van der Waals surface area contributed by atoms with Crippen LogP contribution in [0, 0.1) is 11.3 Å². The van der Waals surface area contributed by atoms with Crippen LogP contribution in [0.15, 0.2) is 54.6 Å².